The summed E-state index contributed by atoms with van der Waals surface area (Å²) in [4.78, 5) is 63.7. The molecule has 3 amide bonds. The topological polar surface area (TPSA) is 169 Å². The van der Waals surface area contributed by atoms with E-state index in [-0.39, 0.29) is 20.4 Å². The Morgan fingerprint density at radius 3 is 2.27 bits per heavy atom. The standard InChI is InChI=1S/C25H39N3O9.H2/c1-9-35-21(32)16-15-14(29)11-25(17(15)16,22(33)36-10-2)28-19(30)13(5)26-20(31)18(12(3)4)27-23(34)37-24(6,7)8;/h9,12-18,29H,1,10-11H2,2-8H3,(H,26,31)(H,27,34)(H,28,30);1H/t13-,14-,15-,16-,17-,18-,25+;/m0./s1. The third-order valence-corrected chi connectivity index (χ3v) is 6.45. The number of alkyl carbamates (subject to hydrolysis) is 1. The molecular weight excluding hydrogens is 486 g/mol. The molecule has 210 valence electrons. The molecule has 7 atom stereocenters. The number of fused-ring (bicyclic) bond motifs is 1. The van der Waals surface area contributed by atoms with Gasteiger partial charge in [-0.3, -0.25) is 14.4 Å². The lowest BCUT2D eigenvalue weighted by Crippen LogP contribution is -2.62. The van der Waals surface area contributed by atoms with Gasteiger partial charge in [-0.2, -0.15) is 0 Å². The number of hydrogen-bond donors (Lipinski definition) is 4. The minimum Gasteiger partial charge on any atom is -0.464 e. The van der Waals surface area contributed by atoms with Crippen molar-refractivity contribution in [1.82, 2.24) is 16.0 Å². The van der Waals surface area contributed by atoms with E-state index in [1.54, 1.807) is 41.5 Å². The van der Waals surface area contributed by atoms with Crippen molar-refractivity contribution in [3.05, 3.63) is 12.8 Å². The highest BCUT2D eigenvalue weighted by atomic mass is 16.6. The van der Waals surface area contributed by atoms with Crippen LogP contribution in [0.1, 0.15) is 56.3 Å². The smallest absolute Gasteiger partial charge is 0.408 e. The van der Waals surface area contributed by atoms with Crippen LogP contribution in [0.5, 0.6) is 0 Å². The van der Waals surface area contributed by atoms with E-state index in [2.05, 4.69) is 22.5 Å². The molecule has 37 heavy (non-hydrogen) atoms. The Balaban J connectivity index is 0.00000722. The lowest BCUT2D eigenvalue weighted by molar-refractivity contribution is -0.156. The molecular formula is C25H41N3O9. The van der Waals surface area contributed by atoms with Crippen LogP contribution in [0, 0.1) is 23.7 Å². The highest BCUT2D eigenvalue weighted by molar-refractivity contribution is 5.96. The van der Waals surface area contributed by atoms with Crippen molar-refractivity contribution in [2.45, 2.75) is 84.2 Å². The van der Waals surface area contributed by atoms with Crippen molar-refractivity contribution in [1.29, 1.82) is 0 Å². The van der Waals surface area contributed by atoms with E-state index in [0.717, 1.165) is 6.26 Å². The highest BCUT2D eigenvalue weighted by Crippen LogP contribution is 2.63. The first-order valence-electron chi connectivity index (χ1n) is 12.4. The summed E-state index contributed by atoms with van der Waals surface area (Å²) in [6.07, 6.45) is -1.02. The van der Waals surface area contributed by atoms with Crippen LogP contribution < -0.4 is 16.0 Å². The number of amides is 3. The van der Waals surface area contributed by atoms with Crippen LogP contribution in [-0.4, -0.2) is 70.9 Å². The predicted molar refractivity (Wildman–Crippen MR) is 133 cm³/mol. The third-order valence-electron chi connectivity index (χ3n) is 6.45. The molecule has 0 aromatic heterocycles. The van der Waals surface area contributed by atoms with Crippen molar-refractivity contribution in [3.8, 4) is 0 Å². The van der Waals surface area contributed by atoms with Crippen molar-refractivity contribution < 1.29 is 44.7 Å². The van der Waals surface area contributed by atoms with Crippen LogP contribution in [0.25, 0.3) is 0 Å². The van der Waals surface area contributed by atoms with Gasteiger partial charge in [-0.1, -0.05) is 20.4 Å². The number of ether oxygens (including phenoxy) is 3. The number of carbonyl (C=O) groups is 5. The maximum atomic E-state index is 13.2. The largest absolute Gasteiger partial charge is 0.464 e. The third kappa shape index (κ3) is 6.79. The van der Waals surface area contributed by atoms with E-state index in [4.69, 9.17) is 14.2 Å². The van der Waals surface area contributed by atoms with Crippen LogP contribution in [-0.2, 0) is 33.4 Å². The van der Waals surface area contributed by atoms with Gasteiger partial charge in [0.2, 0.25) is 11.8 Å². The first-order chi connectivity index (χ1) is 17.1. The van der Waals surface area contributed by atoms with Crippen molar-refractivity contribution in [3.63, 3.8) is 0 Å². The van der Waals surface area contributed by atoms with Gasteiger partial charge in [0.25, 0.3) is 0 Å². The van der Waals surface area contributed by atoms with Crippen LogP contribution >= 0.6 is 0 Å². The Kier molecular flexibility index (Phi) is 9.34. The number of aliphatic hydroxyl groups is 1. The van der Waals surface area contributed by atoms with Gasteiger partial charge in [0.05, 0.1) is 24.9 Å². The first kappa shape index (κ1) is 30.1. The lowest BCUT2D eigenvalue weighted by Gasteiger charge is -2.33. The molecule has 2 aliphatic rings. The summed E-state index contributed by atoms with van der Waals surface area (Å²) in [6, 6.07) is -2.13. The molecule has 12 nitrogen and oxygen atoms in total. The van der Waals surface area contributed by atoms with Crippen LogP contribution in [0.4, 0.5) is 4.79 Å². The fourth-order valence-corrected chi connectivity index (χ4v) is 4.85. The molecule has 0 radical (unpaired) electrons. The Morgan fingerprint density at radius 1 is 1.14 bits per heavy atom. The molecule has 0 spiro atoms. The average molecular weight is 528 g/mol. The molecule has 0 unspecified atom stereocenters. The van der Waals surface area contributed by atoms with Gasteiger partial charge in [0, 0.05) is 19.7 Å². The maximum absolute atomic E-state index is 13.2. The quantitative estimate of drug-likeness (QED) is 0.184. The SMILES string of the molecule is C=COC(=O)[C@H]1[C@H]2[C@@H]1[C@@](NC(=O)[C@H](C)NC(=O)[C@@H](NC(=O)OC(C)(C)C)C(C)C)(C(=O)OCC)C[C@@H]2O.[HH]. The summed E-state index contributed by atoms with van der Waals surface area (Å²) < 4.78 is 15.3. The van der Waals surface area contributed by atoms with Gasteiger partial charge in [-0.15, -0.1) is 0 Å². The molecule has 2 fully saturated rings. The van der Waals surface area contributed by atoms with Gasteiger partial charge in [-0.25, -0.2) is 9.59 Å². The number of esters is 2. The minimum absolute atomic E-state index is 0. The zero-order chi connectivity index (χ0) is 28.3. The summed E-state index contributed by atoms with van der Waals surface area (Å²) in [5.41, 5.74) is -2.44. The van der Waals surface area contributed by atoms with E-state index in [9.17, 15) is 29.1 Å². The van der Waals surface area contributed by atoms with E-state index in [1.165, 1.54) is 6.92 Å². The Morgan fingerprint density at radius 2 is 1.76 bits per heavy atom. The Bertz CT molecular complexity index is 936. The second-order valence-electron chi connectivity index (χ2n) is 10.8. The zero-order valence-corrected chi connectivity index (χ0v) is 22.5. The number of hydrogen-bond acceptors (Lipinski definition) is 9. The molecule has 2 aliphatic carbocycles. The fourth-order valence-electron chi connectivity index (χ4n) is 4.85. The second-order valence-corrected chi connectivity index (χ2v) is 10.8. The van der Waals surface area contributed by atoms with E-state index >= 15 is 0 Å². The van der Waals surface area contributed by atoms with Gasteiger partial charge in [0.1, 0.15) is 23.2 Å². The van der Waals surface area contributed by atoms with E-state index in [0.29, 0.717) is 0 Å². The molecule has 4 N–H and O–H groups in total. The van der Waals surface area contributed by atoms with E-state index < -0.39 is 76.9 Å². The molecule has 0 bridgehead atoms. The van der Waals surface area contributed by atoms with Crippen LogP contribution in [0.15, 0.2) is 12.8 Å². The summed E-state index contributed by atoms with van der Waals surface area (Å²) in [7, 11) is 0. The molecule has 0 aromatic rings. The molecule has 0 saturated heterocycles. The molecule has 0 aromatic carbocycles. The molecule has 2 rings (SSSR count). The molecule has 0 heterocycles. The Labute approximate surface area is 218 Å². The number of nitrogens with one attached hydrogen (secondary N) is 3. The summed E-state index contributed by atoms with van der Waals surface area (Å²) >= 11 is 0. The second kappa shape index (κ2) is 11.5. The average Bonchev–Trinajstić information content (AvgIpc) is 3.45. The van der Waals surface area contributed by atoms with Gasteiger partial charge in [-0.05, 0) is 40.5 Å². The highest BCUT2D eigenvalue weighted by Gasteiger charge is 2.76. The molecule has 0 aliphatic heterocycles. The van der Waals surface area contributed by atoms with Crippen LogP contribution in [0.3, 0.4) is 0 Å². The van der Waals surface area contributed by atoms with Crippen LogP contribution in [0.2, 0.25) is 0 Å². The van der Waals surface area contributed by atoms with Gasteiger partial charge >= 0.3 is 18.0 Å². The first-order valence-corrected chi connectivity index (χ1v) is 12.4. The number of rotatable bonds is 10. The molecule has 2 saturated carbocycles. The molecule has 12 heteroatoms. The van der Waals surface area contributed by atoms with E-state index in [1.807, 2.05) is 0 Å². The van der Waals surface area contributed by atoms with Crippen molar-refractivity contribution >= 4 is 29.8 Å². The van der Waals surface area contributed by atoms with Crippen molar-refractivity contribution in [2.75, 3.05) is 6.61 Å². The predicted octanol–water partition coefficient (Wildman–Crippen LogP) is 1.02. The zero-order valence-electron chi connectivity index (χ0n) is 22.5. The number of carbonyl (C=O) groups excluding carboxylic acids is 5. The van der Waals surface area contributed by atoms with Gasteiger partial charge < -0.3 is 35.3 Å². The summed E-state index contributed by atoms with van der Waals surface area (Å²) in [6.45, 7) is 14.9. The monoisotopic (exact) mass is 527 g/mol. The maximum Gasteiger partial charge on any atom is 0.408 e. The summed E-state index contributed by atoms with van der Waals surface area (Å²) in [5, 5.41) is 18.3. The Hall–Kier alpha value is -3.15. The lowest BCUT2D eigenvalue weighted by atomic mass is 9.89. The van der Waals surface area contributed by atoms with Crippen molar-refractivity contribution in [2.24, 2.45) is 23.7 Å². The fraction of sp³-hybridized carbons (Fsp3) is 0.720. The minimum atomic E-state index is -1.67. The number of aliphatic hydroxyl groups excluding tert-OH is 1. The van der Waals surface area contributed by atoms with Gasteiger partial charge in [0.15, 0.2) is 0 Å². The summed E-state index contributed by atoms with van der Waals surface area (Å²) in [5.74, 6) is -5.28. The normalized spacial score (nSPS) is 27.7.